The number of carbonyl (C=O) groups is 2. The van der Waals surface area contributed by atoms with Crippen LogP contribution in [0.1, 0.15) is 11.1 Å². The lowest BCUT2D eigenvalue weighted by Gasteiger charge is -2.08. The van der Waals surface area contributed by atoms with E-state index < -0.39 is 11.8 Å². The summed E-state index contributed by atoms with van der Waals surface area (Å²) in [5, 5.41) is 0. The van der Waals surface area contributed by atoms with Crippen LogP contribution in [-0.4, -0.2) is 18.4 Å². The second kappa shape index (κ2) is 8.88. The molecule has 0 heterocycles. The Kier molecular flexibility index (Phi) is 6.57. The zero-order valence-electron chi connectivity index (χ0n) is 13.1. The number of nitrogens with one attached hydrogen (secondary N) is 2. The Morgan fingerprint density at radius 3 is 2.58 bits per heavy atom. The molecule has 0 radical (unpaired) electrons. The van der Waals surface area contributed by atoms with Crippen LogP contribution in [0.2, 0.25) is 0 Å². The summed E-state index contributed by atoms with van der Waals surface area (Å²) in [6, 6.07) is 14.8. The molecule has 2 rings (SSSR count). The van der Waals surface area contributed by atoms with Crippen molar-refractivity contribution in [1.82, 2.24) is 10.9 Å². The number of aryl methyl sites for hydroxylation is 1. The number of rotatable bonds is 5. The molecule has 0 aliphatic heterocycles. The van der Waals surface area contributed by atoms with Crippen molar-refractivity contribution in [1.29, 1.82) is 0 Å². The third kappa shape index (κ3) is 5.89. The molecule has 2 N–H and O–H groups in total. The Hall–Kier alpha value is -2.60. The summed E-state index contributed by atoms with van der Waals surface area (Å²) in [6.45, 7) is 1.74. The van der Waals surface area contributed by atoms with Gasteiger partial charge in [0, 0.05) is 10.5 Å². The van der Waals surface area contributed by atoms with Gasteiger partial charge in [-0.05, 0) is 42.3 Å². The number of hydrazine groups is 1. The van der Waals surface area contributed by atoms with E-state index in [2.05, 4.69) is 26.8 Å². The molecule has 124 valence electrons. The molecule has 0 bridgehead atoms. The zero-order chi connectivity index (χ0) is 17.4. The first-order valence-electron chi connectivity index (χ1n) is 7.25. The summed E-state index contributed by atoms with van der Waals surface area (Å²) in [5.74, 6) is -0.287. The Morgan fingerprint density at radius 1 is 1.12 bits per heavy atom. The van der Waals surface area contributed by atoms with Crippen molar-refractivity contribution in [3.63, 3.8) is 0 Å². The van der Waals surface area contributed by atoms with Crippen molar-refractivity contribution < 1.29 is 14.3 Å². The molecule has 6 heteroatoms. The fourth-order valence-corrected chi connectivity index (χ4v) is 2.05. The molecule has 0 saturated heterocycles. The lowest BCUT2D eigenvalue weighted by atomic mass is 10.2. The Balaban J connectivity index is 1.73. The van der Waals surface area contributed by atoms with Crippen molar-refractivity contribution in [3.8, 4) is 5.75 Å². The van der Waals surface area contributed by atoms with E-state index in [4.69, 9.17) is 4.74 Å². The third-order valence-corrected chi connectivity index (χ3v) is 3.94. The third-order valence-electron chi connectivity index (χ3n) is 3.05. The molecule has 2 aromatic rings. The van der Waals surface area contributed by atoms with Gasteiger partial charge in [0.25, 0.3) is 11.8 Å². The van der Waals surface area contributed by atoms with Crippen molar-refractivity contribution in [2.75, 3.05) is 6.61 Å². The van der Waals surface area contributed by atoms with Gasteiger partial charge in [-0.15, -0.1) is 0 Å². The molecule has 0 fully saturated rings. The predicted molar refractivity (Wildman–Crippen MR) is 96.1 cm³/mol. The number of halogens is 1. The summed E-state index contributed by atoms with van der Waals surface area (Å²) in [4.78, 5) is 23.3. The first kappa shape index (κ1) is 17.7. The number of hydrogen-bond acceptors (Lipinski definition) is 3. The van der Waals surface area contributed by atoms with Gasteiger partial charge in [0.15, 0.2) is 6.61 Å². The normalized spacial score (nSPS) is 10.4. The van der Waals surface area contributed by atoms with Crippen LogP contribution in [-0.2, 0) is 9.59 Å². The molecule has 24 heavy (non-hydrogen) atoms. The van der Waals surface area contributed by atoms with Crippen molar-refractivity contribution in [2.45, 2.75) is 6.92 Å². The van der Waals surface area contributed by atoms with Gasteiger partial charge in [0.2, 0.25) is 0 Å². The largest absolute Gasteiger partial charge is 0.484 e. The summed E-state index contributed by atoms with van der Waals surface area (Å²) < 4.78 is 6.33. The zero-order valence-corrected chi connectivity index (χ0v) is 14.7. The van der Waals surface area contributed by atoms with Crippen LogP contribution >= 0.6 is 15.9 Å². The van der Waals surface area contributed by atoms with Gasteiger partial charge < -0.3 is 4.74 Å². The van der Waals surface area contributed by atoms with Crippen LogP contribution in [0.25, 0.3) is 6.08 Å². The van der Waals surface area contributed by atoms with Crippen LogP contribution in [0.4, 0.5) is 0 Å². The van der Waals surface area contributed by atoms with Gasteiger partial charge in [-0.25, -0.2) is 0 Å². The Morgan fingerprint density at radius 2 is 1.88 bits per heavy atom. The standard InChI is InChI=1S/C18H17BrN2O3/c1-13-11-15(8-9-16(13)19)24-12-18(23)21-20-17(22)10-7-14-5-3-2-4-6-14/h2-11H,12H2,1H3,(H,20,22)(H,21,23)/b10-7+. The van der Waals surface area contributed by atoms with Crippen LogP contribution < -0.4 is 15.6 Å². The minimum atomic E-state index is -0.447. The second-order valence-corrected chi connectivity index (χ2v) is 5.84. The van der Waals surface area contributed by atoms with Crippen LogP contribution in [0.3, 0.4) is 0 Å². The highest BCUT2D eigenvalue weighted by Crippen LogP contribution is 2.21. The van der Waals surface area contributed by atoms with E-state index in [0.717, 1.165) is 15.6 Å². The average molecular weight is 389 g/mol. The lowest BCUT2D eigenvalue weighted by molar-refractivity contribution is -0.128. The number of carbonyl (C=O) groups excluding carboxylic acids is 2. The molecule has 0 atom stereocenters. The molecular weight excluding hydrogens is 372 g/mol. The topological polar surface area (TPSA) is 67.4 Å². The lowest BCUT2D eigenvalue weighted by Crippen LogP contribution is -2.43. The highest BCUT2D eigenvalue weighted by molar-refractivity contribution is 9.10. The number of benzene rings is 2. The van der Waals surface area contributed by atoms with Crippen LogP contribution in [0.15, 0.2) is 59.1 Å². The molecule has 0 unspecified atom stereocenters. The van der Waals surface area contributed by atoms with E-state index in [1.54, 1.807) is 12.1 Å². The monoisotopic (exact) mass is 388 g/mol. The van der Waals surface area contributed by atoms with Gasteiger partial charge in [-0.1, -0.05) is 46.3 Å². The molecule has 2 amide bonds. The second-order valence-electron chi connectivity index (χ2n) is 4.98. The number of amides is 2. The molecule has 0 aliphatic rings. The van der Waals surface area contributed by atoms with E-state index in [-0.39, 0.29) is 6.61 Å². The SMILES string of the molecule is Cc1cc(OCC(=O)NNC(=O)/C=C/c2ccccc2)ccc1Br. The molecule has 0 spiro atoms. The van der Waals surface area contributed by atoms with E-state index in [1.807, 2.05) is 49.4 Å². The van der Waals surface area contributed by atoms with E-state index >= 15 is 0 Å². The smallest absolute Gasteiger partial charge is 0.276 e. The fourth-order valence-electron chi connectivity index (χ4n) is 1.80. The number of hydrogen-bond donors (Lipinski definition) is 2. The number of ether oxygens (including phenoxy) is 1. The Labute approximate surface area is 148 Å². The molecule has 0 aliphatic carbocycles. The van der Waals surface area contributed by atoms with Crippen molar-refractivity contribution in [3.05, 3.63) is 70.2 Å². The van der Waals surface area contributed by atoms with Crippen molar-refractivity contribution >= 4 is 33.8 Å². The van der Waals surface area contributed by atoms with Gasteiger partial charge in [-0.3, -0.25) is 20.4 Å². The van der Waals surface area contributed by atoms with Crippen molar-refractivity contribution in [2.24, 2.45) is 0 Å². The first-order chi connectivity index (χ1) is 11.5. The molecular formula is C18H17BrN2O3. The first-order valence-corrected chi connectivity index (χ1v) is 8.05. The summed E-state index contributed by atoms with van der Waals surface area (Å²) in [7, 11) is 0. The summed E-state index contributed by atoms with van der Waals surface area (Å²) >= 11 is 3.39. The fraction of sp³-hybridized carbons (Fsp3) is 0.111. The molecule has 2 aromatic carbocycles. The minimum Gasteiger partial charge on any atom is -0.484 e. The van der Waals surface area contributed by atoms with Gasteiger partial charge >= 0.3 is 0 Å². The maximum Gasteiger partial charge on any atom is 0.276 e. The summed E-state index contributed by atoms with van der Waals surface area (Å²) in [5.41, 5.74) is 6.49. The predicted octanol–water partition coefficient (Wildman–Crippen LogP) is 3.00. The molecule has 0 saturated carbocycles. The highest BCUT2D eigenvalue weighted by atomic mass is 79.9. The van der Waals surface area contributed by atoms with Crippen LogP contribution in [0, 0.1) is 6.92 Å². The maximum atomic E-state index is 11.7. The quantitative estimate of drug-likeness (QED) is 0.610. The average Bonchev–Trinajstić information content (AvgIpc) is 2.60. The van der Waals surface area contributed by atoms with Gasteiger partial charge in [0.1, 0.15) is 5.75 Å². The Bertz CT molecular complexity index is 745. The highest BCUT2D eigenvalue weighted by Gasteiger charge is 2.05. The summed E-state index contributed by atoms with van der Waals surface area (Å²) in [6.07, 6.45) is 3.00. The maximum absolute atomic E-state index is 11.7. The van der Waals surface area contributed by atoms with Gasteiger partial charge in [0.05, 0.1) is 0 Å². The van der Waals surface area contributed by atoms with E-state index in [0.29, 0.717) is 5.75 Å². The minimum absolute atomic E-state index is 0.191. The van der Waals surface area contributed by atoms with E-state index in [1.165, 1.54) is 6.08 Å². The van der Waals surface area contributed by atoms with Gasteiger partial charge in [-0.2, -0.15) is 0 Å². The molecule has 5 nitrogen and oxygen atoms in total. The van der Waals surface area contributed by atoms with E-state index in [9.17, 15) is 9.59 Å². The van der Waals surface area contributed by atoms with Crippen LogP contribution in [0.5, 0.6) is 5.75 Å². The molecule has 0 aromatic heterocycles.